The van der Waals surface area contributed by atoms with Gasteiger partial charge in [0, 0.05) is 37.6 Å². The number of hydrogen-bond acceptors (Lipinski definition) is 2. The topological polar surface area (TPSA) is 6.48 Å². The standard InChI is InChI=1S/C19H26N2.2ClH.Pd/c1-16(20(3)18-11-7-5-8-12-18)15-17(2)21(4)19-13-9-6-10-14-19;;;/h5-14,16-17H,15H2,1-4H3;2*1H;/q;;;+2/p-2. The van der Waals surface area contributed by atoms with Gasteiger partial charge in [-0.1, -0.05) is 36.4 Å². The van der Waals surface area contributed by atoms with E-state index in [1.165, 1.54) is 11.4 Å². The monoisotopic (exact) mass is 458 g/mol. The van der Waals surface area contributed by atoms with E-state index in [1.54, 1.807) is 0 Å². The van der Waals surface area contributed by atoms with Crippen LogP contribution in [0.3, 0.4) is 0 Å². The number of nitrogens with zero attached hydrogens (tertiary/aromatic N) is 2. The molecule has 0 saturated heterocycles. The van der Waals surface area contributed by atoms with Crippen LogP contribution in [0.25, 0.3) is 0 Å². The fourth-order valence-corrected chi connectivity index (χ4v) is 2.65. The normalized spacial score (nSPS) is 12.8. The van der Waals surface area contributed by atoms with Crippen LogP contribution in [0.2, 0.25) is 0 Å². The zero-order valence-electron chi connectivity index (χ0n) is 14.6. The molecular formula is C19H26Cl2N2Pd. The van der Waals surface area contributed by atoms with Crippen molar-refractivity contribution in [3.8, 4) is 0 Å². The Morgan fingerprint density at radius 2 is 1.04 bits per heavy atom. The average molecular weight is 460 g/mol. The molecule has 0 radical (unpaired) electrons. The molecule has 2 nitrogen and oxygen atoms in total. The molecule has 0 aliphatic carbocycles. The van der Waals surface area contributed by atoms with Crippen molar-refractivity contribution < 1.29 is 15.9 Å². The second-order valence-corrected chi connectivity index (χ2v) is 8.23. The minimum absolute atomic E-state index is 0.106. The average Bonchev–Trinajstić information content (AvgIpc) is 2.62. The van der Waals surface area contributed by atoms with Gasteiger partial charge in [0.05, 0.1) is 0 Å². The molecule has 0 heterocycles. The predicted octanol–water partition coefficient (Wildman–Crippen LogP) is 5.80. The molecule has 0 fully saturated rings. The number of rotatable bonds is 6. The summed E-state index contributed by atoms with van der Waals surface area (Å²) in [4.78, 5) is 4.71. The van der Waals surface area contributed by atoms with E-state index in [4.69, 9.17) is 19.1 Å². The molecule has 0 aliphatic heterocycles. The van der Waals surface area contributed by atoms with Gasteiger partial charge in [0.15, 0.2) is 0 Å². The van der Waals surface area contributed by atoms with Crippen LogP contribution in [-0.2, 0) is 15.9 Å². The van der Waals surface area contributed by atoms with Crippen molar-refractivity contribution in [2.75, 3.05) is 23.9 Å². The first kappa shape index (κ1) is 21.3. The Hall–Kier alpha value is -0.718. The van der Waals surface area contributed by atoms with Gasteiger partial charge in [0.1, 0.15) is 0 Å². The first-order valence-electron chi connectivity index (χ1n) is 7.89. The third kappa shape index (κ3) is 7.03. The molecule has 2 aromatic carbocycles. The minimum atomic E-state index is -0.106. The number of para-hydroxylation sites is 2. The van der Waals surface area contributed by atoms with Gasteiger partial charge < -0.3 is 9.80 Å². The number of hydrogen-bond donors (Lipinski definition) is 0. The third-order valence-electron chi connectivity index (χ3n) is 4.33. The van der Waals surface area contributed by atoms with E-state index in [-0.39, 0.29) is 15.9 Å². The van der Waals surface area contributed by atoms with E-state index < -0.39 is 0 Å². The van der Waals surface area contributed by atoms with Gasteiger partial charge in [-0.2, -0.15) is 0 Å². The van der Waals surface area contributed by atoms with Gasteiger partial charge in [-0.15, -0.1) is 0 Å². The summed E-state index contributed by atoms with van der Waals surface area (Å²) in [5.74, 6) is 0. The van der Waals surface area contributed by atoms with Crippen LogP contribution in [-0.4, -0.2) is 26.2 Å². The van der Waals surface area contributed by atoms with Crippen molar-refractivity contribution >= 4 is 30.4 Å². The fourth-order valence-electron chi connectivity index (χ4n) is 2.65. The maximum atomic E-state index is 4.81. The fraction of sp³-hybridized carbons (Fsp3) is 0.368. The summed E-state index contributed by atoms with van der Waals surface area (Å²) in [6.45, 7) is 4.59. The summed E-state index contributed by atoms with van der Waals surface area (Å²) in [5.41, 5.74) is 2.55. The molecule has 2 aromatic rings. The molecule has 24 heavy (non-hydrogen) atoms. The molecule has 2 atom stereocenters. The van der Waals surface area contributed by atoms with Crippen LogP contribution >= 0.6 is 19.1 Å². The van der Waals surface area contributed by atoms with E-state index in [0.717, 1.165) is 6.42 Å². The first-order chi connectivity index (χ1) is 11.5. The van der Waals surface area contributed by atoms with E-state index in [2.05, 4.69) is 98.4 Å². The molecule has 0 N–H and O–H groups in total. The van der Waals surface area contributed by atoms with E-state index >= 15 is 0 Å². The summed E-state index contributed by atoms with van der Waals surface area (Å²) < 4.78 is 0. The Bertz CT molecular complexity index is 504. The SMILES string of the molecule is CC(CC(C)N(C)c1ccccc1)N(C)c1ccccc1.[Cl][Pd][Cl]. The molecular weight excluding hydrogens is 434 g/mol. The molecule has 0 aromatic heterocycles. The molecule has 136 valence electrons. The molecule has 2 unspecified atom stereocenters. The number of halogens is 2. The Kier molecular flexibility index (Phi) is 10.5. The Morgan fingerprint density at radius 3 is 1.33 bits per heavy atom. The van der Waals surface area contributed by atoms with Gasteiger partial charge in [-0.05, 0) is 44.5 Å². The number of anilines is 2. The van der Waals surface area contributed by atoms with Crippen LogP contribution in [0.5, 0.6) is 0 Å². The van der Waals surface area contributed by atoms with Crippen molar-refractivity contribution in [1.29, 1.82) is 0 Å². The van der Waals surface area contributed by atoms with Crippen molar-refractivity contribution in [2.45, 2.75) is 32.4 Å². The Balaban J connectivity index is 0.000000891. The van der Waals surface area contributed by atoms with Gasteiger partial charge >= 0.3 is 35.0 Å². The van der Waals surface area contributed by atoms with Crippen molar-refractivity contribution in [3.63, 3.8) is 0 Å². The second kappa shape index (κ2) is 11.8. The van der Waals surface area contributed by atoms with Crippen molar-refractivity contribution in [1.82, 2.24) is 0 Å². The summed E-state index contributed by atoms with van der Waals surface area (Å²) in [7, 11) is 14.0. The molecule has 5 heteroatoms. The zero-order valence-corrected chi connectivity index (χ0v) is 17.7. The predicted molar refractivity (Wildman–Crippen MR) is 105 cm³/mol. The summed E-state index contributed by atoms with van der Waals surface area (Å²) >= 11 is -0.106. The third-order valence-corrected chi connectivity index (χ3v) is 4.33. The molecule has 0 bridgehead atoms. The molecule has 0 amide bonds. The first-order valence-corrected chi connectivity index (χ1v) is 11.9. The molecule has 2 rings (SSSR count). The van der Waals surface area contributed by atoms with Gasteiger partial charge in [0.25, 0.3) is 0 Å². The van der Waals surface area contributed by atoms with Crippen LogP contribution < -0.4 is 9.80 Å². The van der Waals surface area contributed by atoms with E-state index in [1.807, 2.05) is 0 Å². The molecule has 0 aliphatic rings. The van der Waals surface area contributed by atoms with Crippen molar-refractivity contribution in [2.24, 2.45) is 0 Å². The van der Waals surface area contributed by atoms with Crippen LogP contribution in [0, 0.1) is 0 Å². The molecule has 0 spiro atoms. The van der Waals surface area contributed by atoms with Crippen LogP contribution in [0.1, 0.15) is 20.3 Å². The second-order valence-electron chi connectivity index (χ2n) is 5.87. The summed E-state index contributed by atoms with van der Waals surface area (Å²) in [6, 6.07) is 22.2. The van der Waals surface area contributed by atoms with Gasteiger partial charge in [-0.3, -0.25) is 0 Å². The van der Waals surface area contributed by atoms with Crippen LogP contribution in [0.15, 0.2) is 60.7 Å². The van der Waals surface area contributed by atoms with Gasteiger partial charge in [-0.25, -0.2) is 0 Å². The van der Waals surface area contributed by atoms with E-state index in [9.17, 15) is 0 Å². The summed E-state index contributed by atoms with van der Waals surface area (Å²) in [6.07, 6.45) is 1.12. The Labute approximate surface area is 162 Å². The Morgan fingerprint density at radius 1 is 0.750 bits per heavy atom. The van der Waals surface area contributed by atoms with Gasteiger partial charge in [0.2, 0.25) is 0 Å². The number of benzene rings is 2. The summed E-state index contributed by atoms with van der Waals surface area (Å²) in [5, 5.41) is 0. The van der Waals surface area contributed by atoms with Crippen LogP contribution in [0.4, 0.5) is 11.4 Å². The quantitative estimate of drug-likeness (QED) is 0.504. The maximum absolute atomic E-state index is 4.81. The zero-order chi connectivity index (χ0) is 17.9. The van der Waals surface area contributed by atoms with Crippen molar-refractivity contribution in [3.05, 3.63) is 60.7 Å². The van der Waals surface area contributed by atoms with E-state index in [0.29, 0.717) is 12.1 Å². The molecule has 0 saturated carbocycles.